The molecule has 1 aromatic heterocycles. The number of carboxylic acids is 1. The third-order valence-electron chi connectivity index (χ3n) is 3.24. The van der Waals surface area contributed by atoms with E-state index >= 15 is 0 Å². The van der Waals surface area contributed by atoms with Crippen LogP contribution in [0.3, 0.4) is 0 Å². The molecule has 0 spiro atoms. The predicted octanol–water partition coefficient (Wildman–Crippen LogP) is 3.24. The summed E-state index contributed by atoms with van der Waals surface area (Å²) in [5, 5.41) is 9.72. The number of aryl methyl sites for hydroxylation is 1. The standard InChI is InChI=1S/C16H17BrN2O3/c1-3-6-19(9-15(20)21)16(22)13-7-10(2)18-14-5-4-11(17)8-12(13)14/h4-5,7-8H,3,6,9H2,1-2H3,(H,20,21). The number of halogens is 1. The number of carboxylic acid groups (broad SMARTS) is 1. The van der Waals surface area contributed by atoms with Crippen LogP contribution in [0, 0.1) is 6.92 Å². The lowest BCUT2D eigenvalue weighted by Crippen LogP contribution is -2.36. The van der Waals surface area contributed by atoms with Gasteiger partial charge >= 0.3 is 5.97 Å². The van der Waals surface area contributed by atoms with Gasteiger partial charge in [0.05, 0.1) is 11.1 Å². The molecule has 22 heavy (non-hydrogen) atoms. The Labute approximate surface area is 137 Å². The summed E-state index contributed by atoms with van der Waals surface area (Å²) in [6.07, 6.45) is 0.699. The Morgan fingerprint density at radius 3 is 2.68 bits per heavy atom. The number of aliphatic carboxylic acids is 1. The first-order valence-corrected chi connectivity index (χ1v) is 7.79. The number of benzene rings is 1. The van der Waals surface area contributed by atoms with Gasteiger partial charge in [0.15, 0.2) is 0 Å². The fraction of sp³-hybridized carbons (Fsp3) is 0.312. The maximum Gasteiger partial charge on any atom is 0.323 e. The molecule has 0 aliphatic carbocycles. The van der Waals surface area contributed by atoms with E-state index in [1.165, 1.54) is 4.90 Å². The Morgan fingerprint density at radius 2 is 2.05 bits per heavy atom. The summed E-state index contributed by atoms with van der Waals surface area (Å²) in [5.74, 6) is -1.30. The first-order valence-electron chi connectivity index (χ1n) is 7.00. The number of nitrogens with zero attached hydrogens (tertiary/aromatic N) is 2. The smallest absolute Gasteiger partial charge is 0.323 e. The monoisotopic (exact) mass is 364 g/mol. The molecule has 0 saturated carbocycles. The largest absolute Gasteiger partial charge is 0.480 e. The molecule has 1 amide bonds. The van der Waals surface area contributed by atoms with Crippen LogP contribution in [0.2, 0.25) is 0 Å². The van der Waals surface area contributed by atoms with Crippen molar-refractivity contribution in [1.82, 2.24) is 9.88 Å². The highest BCUT2D eigenvalue weighted by Crippen LogP contribution is 2.24. The van der Waals surface area contributed by atoms with Gasteiger partial charge < -0.3 is 10.0 Å². The molecule has 0 aliphatic heterocycles. The lowest BCUT2D eigenvalue weighted by molar-refractivity contribution is -0.137. The predicted molar refractivity (Wildman–Crippen MR) is 88.0 cm³/mol. The van der Waals surface area contributed by atoms with Gasteiger partial charge in [-0.3, -0.25) is 14.6 Å². The number of aromatic nitrogens is 1. The van der Waals surface area contributed by atoms with E-state index in [-0.39, 0.29) is 12.5 Å². The van der Waals surface area contributed by atoms with E-state index in [1.54, 1.807) is 6.07 Å². The van der Waals surface area contributed by atoms with Crippen LogP contribution in [0.25, 0.3) is 10.9 Å². The van der Waals surface area contributed by atoms with Gasteiger partial charge in [0.25, 0.3) is 5.91 Å². The van der Waals surface area contributed by atoms with Crippen LogP contribution in [0.1, 0.15) is 29.4 Å². The van der Waals surface area contributed by atoms with Gasteiger partial charge in [-0.2, -0.15) is 0 Å². The van der Waals surface area contributed by atoms with Crippen molar-refractivity contribution in [2.75, 3.05) is 13.1 Å². The summed E-state index contributed by atoms with van der Waals surface area (Å²) >= 11 is 3.40. The normalized spacial score (nSPS) is 10.7. The summed E-state index contributed by atoms with van der Waals surface area (Å²) in [7, 11) is 0. The first-order chi connectivity index (χ1) is 10.4. The lowest BCUT2D eigenvalue weighted by Gasteiger charge is -2.21. The molecular formula is C16H17BrN2O3. The third kappa shape index (κ3) is 3.62. The molecule has 1 aromatic carbocycles. The van der Waals surface area contributed by atoms with Crippen LogP contribution in [0.4, 0.5) is 0 Å². The van der Waals surface area contributed by atoms with Crippen molar-refractivity contribution in [1.29, 1.82) is 0 Å². The zero-order valence-corrected chi connectivity index (χ0v) is 14.1. The van der Waals surface area contributed by atoms with Gasteiger partial charge in [0, 0.05) is 22.1 Å². The summed E-state index contributed by atoms with van der Waals surface area (Å²) in [6, 6.07) is 7.25. The Morgan fingerprint density at radius 1 is 1.32 bits per heavy atom. The molecule has 0 unspecified atom stereocenters. The van der Waals surface area contributed by atoms with Gasteiger partial charge in [0.2, 0.25) is 0 Å². The zero-order chi connectivity index (χ0) is 16.3. The molecule has 1 heterocycles. The van der Waals surface area contributed by atoms with E-state index in [1.807, 2.05) is 32.0 Å². The summed E-state index contributed by atoms with van der Waals surface area (Å²) in [6.45, 7) is 3.83. The van der Waals surface area contributed by atoms with Crippen molar-refractivity contribution in [3.63, 3.8) is 0 Å². The van der Waals surface area contributed by atoms with Gasteiger partial charge in [-0.15, -0.1) is 0 Å². The van der Waals surface area contributed by atoms with Crippen molar-refractivity contribution in [2.45, 2.75) is 20.3 Å². The Balaban J connectivity index is 2.53. The maximum absolute atomic E-state index is 12.8. The van der Waals surface area contributed by atoms with Gasteiger partial charge in [-0.25, -0.2) is 0 Å². The Kier molecular flexibility index (Phi) is 5.13. The van der Waals surface area contributed by atoms with Crippen molar-refractivity contribution in [2.24, 2.45) is 0 Å². The highest BCUT2D eigenvalue weighted by Gasteiger charge is 2.20. The van der Waals surface area contributed by atoms with Crippen molar-refractivity contribution in [3.8, 4) is 0 Å². The van der Waals surface area contributed by atoms with Crippen molar-refractivity contribution < 1.29 is 14.7 Å². The van der Waals surface area contributed by atoms with Crippen molar-refractivity contribution in [3.05, 3.63) is 40.0 Å². The number of rotatable bonds is 5. The highest BCUT2D eigenvalue weighted by atomic mass is 79.9. The molecule has 0 radical (unpaired) electrons. The van der Waals surface area contributed by atoms with Crippen molar-refractivity contribution >= 4 is 38.7 Å². The molecule has 0 fully saturated rings. The van der Waals surface area contributed by atoms with Gasteiger partial charge in [-0.05, 0) is 37.6 Å². The van der Waals surface area contributed by atoms with Crippen LogP contribution in [0.5, 0.6) is 0 Å². The topological polar surface area (TPSA) is 70.5 Å². The van der Waals surface area contributed by atoms with E-state index in [9.17, 15) is 9.59 Å². The second kappa shape index (κ2) is 6.87. The average Bonchev–Trinajstić information content (AvgIpc) is 2.45. The van der Waals surface area contributed by atoms with Crippen LogP contribution < -0.4 is 0 Å². The number of hydrogen-bond acceptors (Lipinski definition) is 3. The number of pyridine rings is 1. The Bertz CT molecular complexity index is 731. The molecule has 0 atom stereocenters. The second-order valence-electron chi connectivity index (χ2n) is 5.09. The minimum atomic E-state index is -1.02. The molecule has 6 heteroatoms. The maximum atomic E-state index is 12.8. The van der Waals surface area contributed by atoms with Gasteiger partial charge in [0.1, 0.15) is 6.54 Å². The summed E-state index contributed by atoms with van der Waals surface area (Å²) in [5.41, 5.74) is 1.93. The summed E-state index contributed by atoms with van der Waals surface area (Å²) in [4.78, 5) is 29.5. The number of carbonyl (C=O) groups is 2. The van der Waals surface area contributed by atoms with Gasteiger partial charge in [-0.1, -0.05) is 22.9 Å². The first kappa shape index (κ1) is 16.4. The highest BCUT2D eigenvalue weighted by molar-refractivity contribution is 9.10. The van der Waals surface area contributed by atoms with E-state index in [2.05, 4.69) is 20.9 Å². The van der Waals surface area contributed by atoms with Crippen LogP contribution >= 0.6 is 15.9 Å². The number of carbonyl (C=O) groups excluding carboxylic acids is 1. The number of fused-ring (bicyclic) bond motifs is 1. The zero-order valence-electron chi connectivity index (χ0n) is 12.5. The van der Waals surface area contributed by atoms with E-state index < -0.39 is 5.97 Å². The number of amides is 1. The lowest BCUT2D eigenvalue weighted by atomic mass is 10.1. The molecule has 0 saturated heterocycles. The SMILES string of the molecule is CCCN(CC(=O)O)C(=O)c1cc(C)nc2ccc(Br)cc12. The van der Waals surface area contributed by atoms with E-state index in [0.717, 1.165) is 21.1 Å². The van der Waals surface area contributed by atoms with E-state index in [4.69, 9.17) is 5.11 Å². The minimum absolute atomic E-state index is 0.280. The third-order valence-corrected chi connectivity index (χ3v) is 3.73. The number of hydrogen-bond donors (Lipinski definition) is 1. The molecule has 2 rings (SSSR count). The molecular weight excluding hydrogens is 348 g/mol. The molecule has 116 valence electrons. The van der Waals surface area contributed by atoms with E-state index in [0.29, 0.717) is 18.5 Å². The summed E-state index contributed by atoms with van der Waals surface area (Å²) < 4.78 is 0.847. The fourth-order valence-electron chi connectivity index (χ4n) is 2.36. The average molecular weight is 365 g/mol. The minimum Gasteiger partial charge on any atom is -0.480 e. The molecule has 5 nitrogen and oxygen atoms in total. The van der Waals surface area contributed by atoms with Crippen LogP contribution in [-0.2, 0) is 4.79 Å². The second-order valence-corrected chi connectivity index (χ2v) is 6.01. The molecule has 0 bridgehead atoms. The Hall–Kier alpha value is -1.95. The molecule has 1 N–H and O–H groups in total. The quantitative estimate of drug-likeness (QED) is 0.883. The molecule has 2 aromatic rings. The fourth-order valence-corrected chi connectivity index (χ4v) is 2.72. The van der Waals surface area contributed by atoms with Crippen LogP contribution in [-0.4, -0.2) is 40.0 Å². The van der Waals surface area contributed by atoms with Crippen LogP contribution in [0.15, 0.2) is 28.7 Å². The molecule has 0 aliphatic rings.